The van der Waals surface area contributed by atoms with Crippen LogP contribution in [0, 0.1) is 5.41 Å². The Hall–Kier alpha value is -2.92. The zero-order chi connectivity index (χ0) is 25.3. The van der Waals surface area contributed by atoms with E-state index in [1.165, 1.54) is 33.1 Å². The lowest BCUT2D eigenvalue weighted by Gasteiger charge is -2.53. The lowest BCUT2D eigenvalue weighted by Crippen LogP contribution is -2.74. The molecule has 4 heterocycles. The number of nitrogens with zero attached hydrogens (tertiary/aromatic N) is 7. The molecule has 0 aliphatic carbocycles. The van der Waals surface area contributed by atoms with E-state index in [4.69, 9.17) is 10.6 Å². The van der Waals surface area contributed by atoms with E-state index in [9.17, 15) is 19.5 Å². The molecular weight excluding hydrogens is 518 g/mol. The van der Waals surface area contributed by atoms with Gasteiger partial charge in [0, 0.05) is 30.5 Å². The van der Waals surface area contributed by atoms with E-state index in [1.54, 1.807) is 26.3 Å². The predicted octanol–water partition coefficient (Wildman–Crippen LogP) is -0.359. The lowest BCUT2D eigenvalue weighted by atomic mass is 9.89. The van der Waals surface area contributed by atoms with E-state index >= 15 is 0 Å². The number of aromatic nitrogens is 5. The Balaban J connectivity index is 1.44. The number of carbonyl (C=O) groups is 3. The van der Waals surface area contributed by atoms with Crippen LogP contribution in [0.3, 0.4) is 0 Å². The topological polar surface area (TPSA) is 191 Å². The Morgan fingerprint density at radius 2 is 2.26 bits per heavy atom. The van der Waals surface area contributed by atoms with Crippen molar-refractivity contribution in [1.82, 2.24) is 35.4 Å². The van der Waals surface area contributed by atoms with Crippen molar-refractivity contribution >= 4 is 63.5 Å². The van der Waals surface area contributed by atoms with Gasteiger partial charge in [0.05, 0.1) is 0 Å². The summed E-state index contributed by atoms with van der Waals surface area (Å²) in [4.78, 5) is 48.9. The minimum absolute atomic E-state index is 0.0174. The van der Waals surface area contributed by atoms with Gasteiger partial charge in [0.1, 0.15) is 28.6 Å². The van der Waals surface area contributed by atoms with Gasteiger partial charge >= 0.3 is 5.97 Å². The van der Waals surface area contributed by atoms with Gasteiger partial charge < -0.3 is 25.9 Å². The molecule has 2 saturated heterocycles. The summed E-state index contributed by atoms with van der Waals surface area (Å²) in [6, 6.07) is -0.824. The van der Waals surface area contributed by atoms with Crippen molar-refractivity contribution in [2.45, 2.75) is 36.5 Å². The summed E-state index contributed by atoms with van der Waals surface area (Å²) in [7, 11) is 1.66. The van der Waals surface area contributed by atoms with Gasteiger partial charge in [0.25, 0.3) is 5.91 Å². The number of hydrogen-bond acceptors (Lipinski definition) is 13. The summed E-state index contributed by atoms with van der Waals surface area (Å²) < 4.78 is 1.46. The molecule has 2 unspecified atom stereocenters. The molecule has 2 aliphatic heterocycles. The lowest BCUT2D eigenvalue weighted by molar-refractivity contribution is -0.157. The van der Waals surface area contributed by atoms with Gasteiger partial charge in [-0.05, 0) is 24.3 Å². The molecule has 35 heavy (non-hydrogen) atoms. The molecule has 0 radical (unpaired) electrons. The monoisotopic (exact) mass is 541 g/mol. The molecule has 188 valence electrons. The number of anilines is 1. The van der Waals surface area contributed by atoms with Crippen molar-refractivity contribution in [3.8, 4) is 0 Å². The van der Waals surface area contributed by atoms with Crippen LogP contribution in [0.15, 0.2) is 15.7 Å². The van der Waals surface area contributed by atoms with Gasteiger partial charge in [-0.1, -0.05) is 16.9 Å². The second-order valence-electron chi connectivity index (χ2n) is 8.24. The molecule has 0 saturated carbocycles. The van der Waals surface area contributed by atoms with Gasteiger partial charge in [-0.25, -0.2) is 9.67 Å². The van der Waals surface area contributed by atoms with Gasteiger partial charge in [0.15, 0.2) is 10.8 Å². The highest BCUT2D eigenvalue weighted by molar-refractivity contribution is 8.00. The molecule has 2 fully saturated rings. The van der Waals surface area contributed by atoms with Gasteiger partial charge in [-0.3, -0.25) is 14.4 Å². The van der Waals surface area contributed by atoms with Gasteiger partial charge in [-0.2, -0.15) is 0 Å². The minimum Gasteiger partial charge on any atom is -0.481 e. The first-order valence-corrected chi connectivity index (χ1v) is 13.3. The summed E-state index contributed by atoms with van der Waals surface area (Å²) in [5.74, 6) is -1.57. The van der Waals surface area contributed by atoms with Crippen LogP contribution in [0.1, 0.15) is 19.5 Å². The normalized spacial score (nSPS) is 24.2. The SMILES string of the molecule is CC(C)ON=C(C(=O)NC1C(=O)N2CC(CSc3nnnn3C)(C(=O)O)CS[C@H]12)c1csc(N)n1. The molecule has 0 bridgehead atoms. The number of carbonyl (C=O) groups excluding carboxylic acids is 2. The number of carboxylic acids is 1. The number of hydrogen-bond donors (Lipinski definition) is 3. The van der Waals surface area contributed by atoms with Crippen molar-refractivity contribution in [3.63, 3.8) is 0 Å². The van der Waals surface area contributed by atoms with Crippen molar-refractivity contribution in [1.29, 1.82) is 0 Å². The van der Waals surface area contributed by atoms with E-state index in [2.05, 4.69) is 31.0 Å². The van der Waals surface area contributed by atoms with Crippen molar-refractivity contribution in [2.75, 3.05) is 23.8 Å². The third kappa shape index (κ3) is 5.06. The Labute approximate surface area is 212 Å². The van der Waals surface area contributed by atoms with E-state index in [0.717, 1.165) is 11.3 Å². The van der Waals surface area contributed by atoms with E-state index in [0.29, 0.717) is 5.16 Å². The molecule has 14 nitrogen and oxygen atoms in total. The maximum Gasteiger partial charge on any atom is 0.313 e. The molecule has 0 spiro atoms. The van der Waals surface area contributed by atoms with Crippen LogP contribution < -0.4 is 11.1 Å². The number of thiazole rings is 1. The fourth-order valence-electron chi connectivity index (χ4n) is 3.42. The average molecular weight is 542 g/mol. The number of rotatable bonds is 9. The van der Waals surface area contributed by atoms with Gasteiger partial charge in [-0.15, -0.1) is 28.2 Å². The van der Waals surface area contributed by atoms with Crippen LogP contribution in [-0.2, 0) is 26.3 Å². The van der Waals surface area contributed by atoms with Crippen molar-refractivity contribution in [2.24, 2.45) is 17.6 Å². The molecule has 2 aromatic heterocycles. The van der Waals surface area contributed by atoms with Crippen LogP contribution >= 0.6 is 34.9 Å². The fourth-order valence-corrected chi connectivity index (χ4v) is 6.68. The van der Waals surface area contributed by atoms with E-state index in [1.807, 2.05) is 0 Å². The molecule has 2 aromatic rings. The highest BCUT2D eigenvalue weighted by atomic mass is 32.2. The minimum atomic E-state index is -1.18. The quantitative estimate of drug-likeness (QED) is 0.162. The number of aliphatic carboxylic acids is 1. The molecule has 3 atom stereocenters. The molecule has 2 aliphatic rings. The second-order valence-corrected chi connectivity index (χ2v) is 11.2. The standard InChI is InChI=1S/C18H23N9O5S3/c1-8(2)32-23-10(9-4-33-16(19)20-9)12(28)21-11-13(29)27-5-18(15(30)31,6-34-14(11)27)7-35-17-22-24-25-26(17)3/h4,8,11,14H,5-7H2,1-3H3,(H2,19,20)(H,21,28)(H,30,31)/t11?,14-,18?/m1/s1. The molecule has 17 heteroatoms. The molecule has 4 N–H and O–H groups in total. The van der Waals surface area contributed by atoms with Crippen molar-refractivity contribution in [3.05, 3.63) is 11.1 Å². The predicted molar refractivity (Wildman–Crippen MR) is 129 cm³/mol. The summed E-state index contributed by atoms with van der Waals surface area (Å²) in [5.41, 5.74) is 4.66. The number of fused-ring (bicyclic) bond motifs is 1. The van der Waals surface area contributed by atoms with Gasteiger partial charge in [0.2, 0.25) is 11.1 Å². The van der Waals surface area contributed by atoms with Crippen LogP contribution in [-0.4, -0.2) is 94.3 Å². The maximum absolute atomic E-state index is 13.0. The number of carboxylic acid groups (broad SMARTS) is 1. The summed E-state index contributed by atoms with van der Waals surface area (Å²) in [5, 5.41) is 29.7. The Bertz CT molecular complexity index is 1170. The van der Waals surface area contributed by atoms with E-state index < -0.39 is 28.7 Å². The second kappa shape index (κ2) is 9.98. The fraction of sp³-hybridized carbons (Fsp3) is 0.556. The first-order chi connectivity index (χ1) is 16.6. The zero-order valence-corrected chi connectivity index (χ0v) is 21.4. The summed E-state index contributed by atoms with van der Waals surface area (Å²) >= 11 is 3.67. The number of oxime groups is 1. The number of nitrogens with one attached hydrogen (secondary N) is 1. The number of amides is 2. The van der Waals surface area contributed by atoms with Crippen LogP contribution in [0.5, 0.6) is 0 Å². The van der Waals surface area contributed by atoms with Crippen LogP contribution in [0.4, 0.5) is 5.13 Å². The van der Waals surface area contributed by atoms with Crippen LogP contribution in [0.25, 0.3) is 0 Å². The summed E-state index contributed by atoms with van der Waals surface area (Å²) in [6.07, 6.45) is -0.275. The molecule has 4 rings (SSSR count). The molecule has 2 amide bonds. The van der Waals surface area contributed by atoms with Crippen LogP contribution in [0.2, 0.25) is 0 Å². The Kier molecular flexibility index (Phi) is 7.18. The molecular formula is C18H23N9O5S3. The zero-order valence-electron chi connectivity index (χ0n) is 18.9. The number of nitrogens with two attached hydrogens (primary N) is 1. The number of aryl methyl sites for hydroxylation is 1. The third-order valence-corrected chi connectivity index (χ3v) is 8.84. The largest absolute Gasteiger partial charge is 0.481 e. The number of thioether (sulfide) groups is 2. The highest BCUT2D eigenvalue weighted by Crippen LogP contribution is 2.44. The summed E-state index contributed by atoms with van der Waals surface area (Å²) in [6.45, 7) is 3.53. The maximum atomic E-state index is 13.0. The Morgan fingerprint density at radius 1 is 1.49 bits per heavy atom. The van der Waals surface area contributed by atoms with E-state index in [-0.39, 0.29) is 46.6 Å². The number of nitrogen functional groups attached to an aromatic ring is 1. The Morgan fingerprint density at radius 3 is 2.86 bits per heavy atom. The molecule has 0 aromatic carbocycles. The third-order valence-electron chi connectivity index (χ3n) is 5.28. The number of tetrazole rings is 1. The first kappa shape index (κ1) is 25.2. The van der Waals surface area contributed by atoms with Crippen molar-refractivity contribution < 1.29 is 24.3 Å². The highest BCUT2D eigenvalue weighted by Gasteiger charge is 2.57. The average Bonchev–Trinajstić information content (AvgIpc) is 3.43. The number of β-lactam (4-membered cyclic amide) rings is 1. The first-order valence-electron chi connectivity index (χ1n) is 10.4. The smallest absolute Gasteiger partial charge is 0.313 e.